The third-order valence-corrected chi connectivity index (χ3v) is 2.42. The van der Waals surface area contributed by atoms with Crippen molar-refractivity contribution < 1.29 is 19.4 Å². The molecule has 1 aromatic rings. The minimum absolute atomic E-state index is 0.171. The van der Waals surface area contributed by atoms with Crippen LogP contribution < -0.4 is 10.1 Å². The maximum Gasteiger partial charge on any atom is 0.305 e. The van der Waals surface area contributed by atoms with Gasteiger partial charge in [0.1, 0.15) is 5.75 Å². The second-order valence-electron chi connectivity index (χ2n) is 4.93. The van der Waals surface area contributed by atoms with E-state index in [1.807, 2.05) is 6.07 Å². The number of carbonyl (C=O) groups is 2. The van der Waals surface area contributed by atoms with Crippen molar-refractivity contribution in [1.29, 1.82) is 5.26 Å². The highest BCUT2D eigenvalue weighted by Gasteiger charge is 2.23. The molecule has 1 aromatic carbocycles. The molecule has 0 saturated carbocycles. The highest BCUT2D eigenvalue weighted by atomic mass is 16.5. The third-order valence-electron chi connectivity index (χ3n) is 2.42. The van der Waals surface area contributed by atoms with Crippen LogP contribution in [0, 0.1) is 11.3 Å². The average molecular weight is 276 g/mol. The van der Waals surface area contributed by atoms with Crippen molar-refractivity contribution in [3.05, 3.63) is 29.8 Å². The zero-order valence-electron chi connectivity index (χ0n) is 11.3. The maximum absolute atomic E-state index is 11.7. The number of nitrogens with one attached hydrogen (secondary N) is 1. The first-order valence-corrected chi connectivity index (χ1v) is 5.98. The van der Waals surface area contributed by atoms with Gasteiger partial charge in [-0.25, -0.2) is 0 Å². The third kappa shape index (κ3) is 5.40. The molecule has 0 aliphatic rings. The fraction of sp³-hybridized carbons (Fsp3) is 0.357. The summed E-state index contributed by atoms with van der Waals surface area (Å²) in [5.41, 5.74) is -0.332. The van der Waals surface area contributed by atoms with Gasteiger partial charge in [0, 0.05) is 5.54 Å². The number of aliphatic carboxylic acids is 1. The molecule has 0 atom stereocenters. The van der Waals surface area contributed by atoms with Crippen molar-refractivity contribution in [1.82, 2.24) is 5.32 Å². The summed E-state index contributed by atoms with van der Waals surface area (Å²) in [4.78, 5) is 22.3. The Morgan fingerprint density at radius 3 is 2.45 bits per heavy atom. The van der Waals surface area contributed by atoms with E-state index in [2.05, 4.69) is 5.32 Å². The standard InChI is InChI=1S/C14H16N2O4/c1-14(2,7-13(18)19)16-12(17)9-20-11-5-3-10(8-15)4-6-11/h3-6H,7,9H2,1-2H3,(H,16,17)(H,18,19). The second kappa shape index (κ2) is 6.57. The fourth-order valence-electron chi connectivity index (χ4n) is 1.61. The van der Waals surface area contributed by atoms with Gasteiger partial charge in [-0.2, -0.15) is 5.26 Å². The lowest BCUT2D eigenvalue weighted by Gasteiger charge is -2.24. The van der Waals surface area contributed by atoms with E-state index in [0.29, 0.717) is 11.3 Å². The number of carboxylic acids is 1. The predicted molar refractivity (Wildman–Crippen MR) is 71.1 cm³/mol. The Bertz CT molecular complexity index is 529. The predicted octanol–water partition coefficient (Wildman–Crippen LogP) is 1.31. The molecule has 0 bridgehead atoms. The Kier molecular flexibility index (Phi) is 5.09. The Morgan fingerprint density at radius 1 is 1.35 bits per heavy atom. The van der Waals surface area contributed by atoms with E-state index < -0.39 is 17.4 Å². The molecule has 6 nitrogen and oxygen atoms in total. The van der Waals surface area contributed by atoms with E-state index >= 15 is 0 Å². The molecule has 0 unspecified atom stereocenters. The van der Waals surface area contributed by atoms with E-state index in [1.165, 1.54) is 0 Å². The van der Waals surface area contributed by atoms with Gasteiger partial charge in [-0.3, -0.25) is 9.59 Å². The van der Waals surface area contributed by atoms with Gasteiger partial charge in [0.2, 0.25) is 0 Å². The number of benzene rings is 1. The number of rotatable bonds is 6. The SMILES string of the molecule is CC(C)(CC(=O)O)NC(=O)COc1ccc(C#N)cc1. The Labute approximate surface area is 117 Å². The van der Waals surface area contributed by atoms with Gasteiger partial charge < -0.3 is 15.2 Å². The van der Waals surface area contributed by atoms with Crippen molar-refractivity contribution in [2.24, 2.45) is 0 Å². The molecular weight excluding hydrogens is 260 g/mol. The van der Waals surface area contributed by atoms with Gasteiger partial charge in [0.05, 0.1) is 18.1 Å². The maximum atomic E-state index is 11.7. The van der Waals surface area contributed by atoms with Crippen molar-refractivity contribution in [2.75, 3.05) is 6.61 Å². The smallest absolute Gasteiger partial charge is 0.305 e. The minimum Gasteiger partial charge on any atom is -0.484 e. The first-order chi connectivity index (χ1) is 9.32. The van der Waals surface area contributed by atoms with Crippen molar-refractivity contribution in [3.63, 3.8) is 0 Å². The number of amides is 1. The van der Waals surface area contributed by atoms with Crippen LogP contribution >= 0.6 is 0 Å². The van der Waals surface area contributed by atoms with Crippen LogP contribution in [-0.4, -0.2) is 29.1 Å². The van der Waals surface area contributed by atoms with Gasteiger partial charge in [0.15, 0.2) is 6.61 Å². The Balaban J connectivity index is 2.47. The molecule has 0 spiro atoms. The number of hydrogen-bond donors (Lipinski definition) is 2. The van der Waals surface area contributed by atoms with E-state index in [4.69, 9.17) is 15.1 Å². The van der Waals surface area contributed by atoms with Crippen LogP contribution in [0.2, 0.25) is 0 Å². The molecule has 0 saturated heterocycles. The summed E-state index contributed by atoms with van der Waals surface area (Å²) < 4.78 is 5.25. The lowest BCUT2D eigenvalue weighted by Crippen LogP contribution is -2.46. The van der Waals surface area contributed by atoms with E-state index in [9.17, 15) is 9.59 Å². The van der Waals surface area contributed by atoms with Crippen LogP contribution in [-0.2, 0) is 9.59 Å². The number of ether oxygens (including phenoxy) is 1. The minimum atomic E-state index is -0.983. The van der Waals surface area contributed by atoms with E-state index in [-0.39, 0.29) is 13.0 Å². The van der Waals surface area contributed by atoms with Crippen molar-refractivity contribution >= 4 is 11.9 Å². The molecule has 1 rings (SSSR count). The van der Waals surface area contributed by atoms with Crippen LogP contribution in [0.1, 0.15) is 25.8 Å². The highest BCUT2D eigenvalue weighted by molar-refractivity contribution is 5.79. The molecular formula is C14H16N2O4. The summed E-state index contributed by atoms with van der Waals surface area (Å²) >= 11 is 0. The molecule has 0 aliphatic heterocycles. The molecule has 0 aromatic heterocycles. The normalized spacial score (nSPS) is 10.4. The van der Waals surface area contributed by atoms with Crippen LogP contribution in [0.4, 0.5) is 0 Å². The topological polar surface area (TPSA) is 99.4 Å². The number of hydrogen-bond acceptors (Lipinski definition) is 4. The molecule has 106 valence electrons. The van der Waals surface area contributed by atoms with Gasteiger partial charge in [-0.05, 0) is 38.1 Å². The number of carboxylic acid groups (broad SMARTS) is 1. The monoisotopic (exact) mass is 276 g/mol. The van der Waals surface area contributed by atoms with Crippen LogP contribution in [0.25, 0.3) is 0 Å². The van der Waals surface area contributed by atoms with Crippen LogP contribution in [0.5, 0.6) is 5.75 Å². The first-order valence-electron chi connectivity index (χ1n) is 5.98. The second-order valence-corrected chi connectivity index (χ2v) is 4.93. The van der Waals surface area contributed by atoms with Crippen LogP contribution in [0.15, 0.2) is 24.3 Å². The quantitative estimate of drug-likeness (QED) is 0.816. The molecule has 2 N–H and O–H groups in total. The molecule has 6 heteroatoms. The summed E-state index contributed by atoms with van der Waals surface area (Å²) in [6, 6.07) is 8.33. The van der Waals surface area contributed by atoms with Crippen molar-refractivity contribution in [3.8, 4) is 11.8 Å². The molecule has 1 amide bonds. The Hall–Kier alpha value is -2.55. The number of nitrogens with zero attached hydrogens (tertiary/aromatic N) is 1. The fourth-order valence-corrected chi connectivity index (χ4v) is 1.61. The average Bonchev–Trinajstić information content (AvgIpc) is 2.34. The van der Waals surface area contributed by atoms with Gasteiger partial charge in [0.25, 0.3) is 5.91 Å². The largest absolute Gasteiger partial charge is 0.484 e. The number of nitriles is 1. The molecule has 20 heavy (non-hydrogen) atoms. The van der Waals surface area contributed by atoms with Crippen molar-refractivity contribution in [2.45, 2.75) is 25.8 Å². The molecule has 0 fully saturated rings. The summed E-state index contributed by atoms with van der Waals surface area (Å²) in [5, 5.41) is 19.9. The van der Waals surface area contributed by atoms with Gasteiger partial charge >= 0.3 is 5.97 Å². The zero-order chi connectivity index (χ0) is 15.2. The molecule has 0 heterocycles. The highest BCUT2D eigenvalue weighted by Crippen LogP contribution is 2.12. The summed E-state index contributed by atoms with van der Waals surface area (Å²) in [5.74, 6) is -0.917. The number of carbonyl (C=O) groups excluding carboxylic acids is 1. The molecule has 0 aliphatic carbocycles. The van der Waals surface area contributed by atoms with E-state index in [0.717, 1.165) is 0 Å². The first kappa shape index (κ1) is 15.5. The Morgan fingerprint density at radius 2 is 1.95 bits per heavy atom. The molecule has 0 radical (unpaired) electrons. The van der Waals surface area contributed by atoms with E-state index in [1.54, 1.807) is 38.1 Å². The van der Waals surface area contributed by atoms with Crippen LogP contribution in [0.3, 0.4) is 0 Å². The van der Waals surface area contributed by atoms with Gasteiger partial charge in [-0.1, -0.05) is 0 Å². The zero-order valence-corrected chi connectivity index (χ0v) is 11.3. The summed E-state index contributed by atoms with van der Waals surface area (Å²) in [7, 11) is 0. The lowest BCUT2D eigenvalue weighted by molar-refractivity contribution is -0.138. The summed E-state index contributed by atoms with van der Waals surface area (Å²) in [6.45, 7) is 3.04. The summed E-state index contributed by atoms with van der Waals surface area (Å²) in [6.07, 6.45) is -0.171. The van der Waals surface area contributed by atoms with Gasteiger partial charge in [-0.15, -0.1) is 0 Å². The lowest BCUT2D eigenvalue weighted by atomic mass is 10.0.